The minimum absolute atomic E-state index is 0.0559. The van der Waals surface area contributed by atoms with Gasteiger partial charge in [-0.25, -0.2) is 24.4 Å². The summed E-state index contributed by atoms with van der Waals surface area (Å²) in [7, 11) is 1.27. The van der Waals surface area contributed by atoms with E-state index >= 15 is 0 Å². The molecule has 0 fully saturated rings. The number of esters is 1. The molecule has 0 radical (unpaired) electrons. The van der Waals surface area contributed by atoms with Gasteiger partial charge in [0.15, 0.2) is 17.3 Å². The van der Waals surface area contributed by atoms with Gasteiger partial charge in [-0.15, -0.1) is 0 Å². The van der Waals surface area contributed by atoms with E-state index in [1.807, 2.05) is 48.9 Å². The number of ether oxygens (including phenoxy) is 1. The van der Waals surface area contributed by atoms with Crippen molar-refractivity contribution >= 4 is 18.3 Å². The zero-order valence-electron chi connectivity index (χ0n) is 18.5. The van der Waals surface area contributed by atoms with Crippen molar-refractivity contribution in [3.63, 3.8) is 0 Å². The van der Waals surface area contributed by atoms with Crippen molar-refractivity contribution in [1.82, 2.24) is 29.6 Å². The first-order valence-electron chi connectivity index (χ1n) is 10.2. The number of carbonyl (C=O) groups excluding carboxylic acids is 2. The topological polar surface area (TPSA) is 140 Å². The fraction of sp³-hybridized carbons (Fsp3) is 0.318. The van der Waals surface area contributed by atoms with Crippen LogP contribution in [0.25, 0.3) is 11.4 Å². The van der Waals surface area contributed by atoms with E-state index in [9.17, 15) is 9.59 Å². The maximum atomic E-state index is 13.2. The molecule has 2 aromatic heterocycles. The predicted octanol–water partition coefficient (Wildman–Crippen LogP) is 2.08. The number of nitrogens with zero attached hydrogens (tertiary/aromatic N) is 6. The summed E-state index contributed by atoms with van der Waals surface area (Å²) in [6.07, 6.45) is 2.56. The van der Waals surface area contributed by atoms with Gasteiger partial charge in [-0.05, 0) is 5.92 Å². The standard InChI is InChI=1S/C21H22N6O3.CH2O2/c1-13(2)17-19-24-18(14-7-5-4-6-8-14)25-27(19)10-9-26(17)20(28)15-11-23-16(12-22-15)21(29)30-3;2-1-3/h4-8,11-13,17H,9-10H2,1-3H3;1H,(H,2,3)/t17-;/m0./s1. The summed E-state index contributed by atoms with van der Waals surface area (Å²) >= 11 is 0. The molecule has 1 aliphatic rings. The molecule has 1 aromatic carbocycles. The van der Waals surface area contributed by atoms with Crippen LogP contribution in [0.15, 0.2) is 42.7 Å². The molecule has 0 unspecified atom stereocenters. The number of rotatable bonds is 4. The van der Waals surface area contributed by atoms with Crippen LogP contribution in [-0.4, -0.2) is 66.7 Å². The minimum Gasteiger partial charge on any atom is -0.483 e. The van der Waals surface area contributed by atoms with Crippen LogP contribution in [0.1, 0.15) is 46.7 Å². The molecule has 3 heterocycles. The number of methoxy groups -OCH3 is 1. The van der Waals surface area contributed by atoms with Gasteiger partial charge in [0.25, 0.3) is 12.4 Å². The minimum atomic E-state index is -0.596. The molecule has 1 atom stereocenters. The average molecular weight is 452 g/mol. The van der Waals surface area contributed by atoms with Gasteiger partial charge in [-0.3, -0.25) is 9.59 Å². The number of hydrogen-bond acceptors (Lipinski definition) is 8. The lowest BCUT2D eigenvalue weighted by Gasteiger charge is -2.37. The van der Waals surface area contributed by atoms with E-state index in [0.29, 0.717) is 18.9 Å². The second-order valence-electron chi connectivity index (χ2n) is 7.45. The van der Waals surface area contributed by atoms with Crippen LogP contribution in [0.4, 0.5) is 0 Å². The number of carboxylic acid groups (broad SMARTS) is 1. The van der Waals surface area contributed by atoms with Gasteiger partial charge in [0.05, 0.1) is 32.1 Å². The summed E-state index contributed by atoms with van der Waals surface area (Å²) in [6.45, 7) is 4.86. The fourth-order valence-electron chi connectivity index (χ4n) is 3.61. The van der Waals surface area contributed by atoms with Gasteiger partial charge in [-0.1, -0.05) is 44.2 Å². The van der Waals surface area contributed by atoms with Crippen LogP contribution in [0, 0.1) is 5.92 Å². The number of fused-ring (bicyclic) bond motifs is 1. The molecule has 172 valence electrons. The third-order valence-corrected chi connectivity index (χ3v) is 5.04. The Bertz CT molecular complexity index is 1110. The molecule has 0 saturated carbocycles. The quantitative estimate of drug-likeness (QED) is 0.465. The van der Waals surface area contributed by atoms with Crippen molar-refractivity contribution in [2.24, 2.45) is 5.92 Å². The van der Waals surface area contributed by atoms with Crippen molar-refractivity contribution in [3.8, 4) is 11.4 Å². The zero-order chi connectivity index (χ0) is 24.0. The average Bonchev–Trinajstić information content (AvgIpc) is 3.28. The molecular formula is C22H24N6O5. The van der Waals surface area contributed by atoms with Crippen LogP contribution < -0.4 is 0 Å². The summed E-state index contributed by atoms with van der Waals surface area (Å²) in [5, 5.41) is 11.5. The molecule has 0 spiro atoms. The van der Waals surface area contributed by atoms with E-state index < -0.39 is 5.97 Å². The zero-order valence-corrected chi connectivity index (χ0v) is 18.5. The molecule has 1 N–H and O–H groups in total. The van der Waals surface area contributed by atoms with Gasteiger partial charge in [0.1, 0.15) is 5.69 Å². The molecule has 0 saturated heterocycles. The Kier molecular flexibility index (Phi) is 7.44. The lowest BCUT2D eigenvalue weighted by molar-refractivity contribution is -0.122. The third-order valence-electron chi connectivity index (χ3n) is 5.04. The molecule has 1 amide bonds. The number of hydrogen-bond donors (Lipinski definition) is 1. The molecular weight excluding hydrogens is 428 g/mol. The number of amides is 1. The van der Waals surface area contributed by atoms with E-state index in [2.05, 4.69) is 19.8 Å². The summed E-state index contributed by atoms with van der Waals surface area (Å²) in [4.78, 5) is 47.8. The molecule has 11 heteroatoms. The van der Waals surface area contributed by atoms with Crippen LogP contribution in [0.5, 0.6) is 0 Å². The van der Waals surface area contributed by atoms with Crippen molar-refractivity contribution < 1.29 is 24.2 Å². The van der Waals surface area contributed by atoms with Crippen LogP contribution in [0.2, 0.25) is 0 Å². The predicted molar refractivity (Wildman–Crippen MR) is 116 cm³/mol. The van der Waals surface area contributed by atoms with E-state index in [-0.39, 0.29) is 35.7 Å². The summed E-state index contributed by atoms with van der Waals surface area (Å²) < 4.78 is 6.50. The molecule has 33 heavy (non-hydrogen) atoms. The summed E-state index contributed by atoms with van der Waals surface area (Å²) in [5.41, 5.74) is 1.16. The third kappa shape index (κ3) is 5.03. The lowest BCUT2D eigenvalue weighted by atomic mass is 9.99. The van der Waals surface area contributed by atoms with Gasteiger partial charge >= 0.3 is 5.97 Å². The Balaban J connectivity index is 0.000000968. The van der Waals surface area contributed by atoms with E-state index in [0.717, 1.165) is 11.4 Å². The summed E-state index contributed by atoms with van der Waals surface area (Å²) in [5.74, 6) is 0.660. The second-order valence-corrected chi connectivity index (χ2v) is 7.45. The van der Waals surface area contributed by atoms with Crippen molar-refractivity contribution in [3.05, 3.63) is 59.9 Å². The summed E-state index contributed by atoms with van der Waals surface area (Å²) in [6, 6.07) is 9.52. The van der Waals surface area contributed by atoms with E-state index in [1.54, 1.807) is 4.90 Å². The SMILES string of the molecule is COC(=O)c1cnc(C(=O)N2CCn3nc(-c4ccccc4)nc3[C@@H]2C(C)C)cn1.O=CO. The van der Waals surface area contributed by atoms with Gasteiger partial charge in [0, 0.05) is 12.1 Å². The van der Waals surface area contributed by atoms with Crippen LogP contribution >= 0.6 is 0 Å². The first-order valence-corrected chi connectivity index (χ1v) is 10.2. The highest BCUT2D eigenvalue weighted by molar-refractivity contribution is 5.93. The highest BCUT2D eigenvalue weighted by Crippen LogP contribution is 2.33. The lowest BCUT2D eigenvalue weighted by Crippen LogP contribution is -2.45. The van der Waals surface area contributed by atoms with Gasteiger partial charge in [0.2, 0.25) is 0 Å². The first-order chi connectivity index (χ1) is 15.9. The fourth-order valence-corrected chi connectivity index (χ4v) is 3.61. The smallest absolute Gasteiger partial charge is 0.358 e. The Morgan fingerprint density at radius 2 is 1.76 bits per heavy atom. The Labute approximate surface area is 190 Å². The molecule has 11 nitrogen and oxygen atoms in total. The second kappa shape index (κ2) is 10.4. The Morgan fingerprint density at radius 1 is 1.12 bits per heavy atom. The van der Waals surface area contributed by atoms with E-state index in [4.69, 9.17) is 14.9 Å². The monoisotopic (exact) mass is 452 g/mol. The first kappa shape index (κ1) is 23.5. The Hall–Kier alpha value is -4.15. The largest absolute Gasteiger partial charge is 0.483 e. The number of carbonyl (C=O) groups is 3. The maximum absolute atomic E-state index is 13.2. The number of aromatic nitrogens is 5. The van der Waals surface area contributed by atoms with Crippen LogP contribution in [-0.2, 0) is 16.1 Å². The van der Waals surface area contributed by atoms with Gasteiger partial charge < -0.3 is 14.7 Å². The normalized spacial score (nSPS) is 14.7. The van der Waals surface area contributed by atoms with Crippen molar-refractivity contribution in [2.45, 2.75) is 26.4 Å². The maximum Gasteiger partial charge on any atom is 0.358 e. The van der Waals surface area contributed by atoms with E-state index in [1.165, 1.54) is 19.5 Å². The molecule has 0 aliphatic carbocycles. The Morgan fingerprint density at radius 3 is 2.33 bits per heavy atom. The van der Waals surface area contributed by atoms with Crippen molar-refractivity contribution in [1.29, 1.82) is 0 Å². The highest BCUT2D eigenvalue weighted by atomic mass is 16.5. The molecule has 3 aromatic rings. The molecule has 1 aliphatic heterocycles. The number of benzene rings is 1. The molecule has 4 rings (SSSR count). The van der Waals surface area contributed by atoms with Crippen LogP contribution in [0.3, 0.4) is 0 Å². The van der Waals surface area contributed by atoms with Gasteiger partial charge in [-0.2, -0.15) is 5.10 Å². The molecule has 0 bridgehead atoms. The highest BCUT2D eigenvalue weighted by Gasteiger charge is 2.37. The van der Waals surface area contributed by atoms with Crippen molar-refractivity contribution in [2.75, 3.05) is 13.7 Å².